The third-order valence-electron chi connectivity index (χ3n) is 0.909. The van der Waals surface area contributed by atoms with Crippen LogP contribution < -0.4 is 0 Å². The van der Waals surface area contributed by atoms with Gasteiger partial charge in [0.1, 0.15) is 12.7 Å². The maximum Gasteiger partial charge on any atom is 0.123 e. The third-order valence-corrected chi connectivity index (χ3v) is 0.909. The predicted octanol–water partition coefficient (Wildman–Crippen LogP) is 1.41. The summed E-state index contributed by atoms with van der Waals surface area (Å²) in [5, 5.41) is 0. The van der Waals surface area contributed by atoms with Crippen molar-refractivity contribution in [1.29, 1.82) is 0 Å². The molecular formula is C8H14O2. The van der Waals surface area contributed by atoms with Gasteiger partial charge in [0.2, 0.25) is 0 Å². The van der Waals surface area contributed by atoms with E-state index >= 15 is 0 Å². The van der Waals surface area contributed by atoms with Crippen LogP contribution in [0.2, 0.25) is 0 Å². The minimum absolute atomic E-state index is 0.563. The summed E-state index contributed by atoms with van der Waals surface area (Å²) < 4.78 is 9.65. The van der Waals surface area contributed by atoms with Crippen molar-refractivity contribution in [3.8, 4) is 12.0 Å². The van der Waals surface area contributed by atoms with E-state index in [1.807, 2.05) is 0 Å². The standard InChI is InChI=1S/C8H14O2/c1-3-4-5-6-10-8-7-9-2/h3-4,7-8H2,1-2H3. The number of hydrogen-bond acceptors (Lipinski definition) is 2. The number of hydrogen-bond donors (Lipinski definition) is 0. The Kier molecular flexibility index (Phi) is 7.75. The molecule has 0 saturated heterocycles. The molecule has 0 spiro atoms. The number of ether oxygens (including phenoxy) is 2. The van der Waals surface area contributed by atoms with Crippen molar-refractivity contribution >= 4 is 0 Å². The van der Waals surface area contributed by atoms with Crippen LogP contribution in [0.3, 0.4) is 0 Å². The van der Waals surface area contributed by atoms with Gasteiger partial charge >= 0.3 is 0 Å². The summed E-state index contributed by atoms with van der Waals surface area (Å²) in [5.41, 5.74) is 0. The molecule has 0 bridgehead atoms. The molecule has 2 heteroatoms. The third kappa shape index (κ3) is 7.32. The van der Waals surface area contributed by atoms with Crippen molar-refractivity contribution in [3.63, 3.8) is 0 Å². The molecule has 0 heterocycles. The average Bonchev–Trinajstić information content (AvgIpc) is 1.97. The predicted molar refractivity (Wildman–Crippen MR) is 40.5 cm³/mol. The smallest absolute Gasteiger partial charge is 0.123 e. The molecule has 0 N–H and O–H groups in total. The summed E-state index contributed by atoms with van der Waals surface area (Å²) in [6.45, 7) is 3.26. The fraction of sp³-hybridized carbons (Fsp3) is 0.750. The normalized spacial score (nSPS) is 8.20. The molecule has 2 nitrogen and oxygen atoms in total. The topological polar surface area (TPSA) is 18.5 Å². The molecule has 0 saturated carbocycles. The van der Waals surface area contributed by atoms with Crippen LogP contribution in [0.4, 0.5) is 0 Å². The van der Waals surface area contributed by atoms with Gasteiger partial charge in [0.25, 0.3) is 0 Å². The summed E-state index contributed by atoms with van der Waals surface area (Å²) in [5.74, 6) is 2.87. The second kappa shape index (κ2) is 8.32. The lowest BCUT2D eigenvalue weighted by atomic mass is 10.4. The van der Waals surface area contributed by atoms with E-state index in [-0.39, 0.29) is 0 Å². The van der Waals surface area contributed by atoms with E-state index in [0.717, 1.165) is 12.8 Å². The number of unbranched alkanes of at least 4 members (excludes halogenated alkanes) is 1. The van der Waals surface area contributed by atoms with Gasteiger partial charge in [0.15, 0.2) is 0 Å². The zero-order valence-corrected chi connectivity index (χ0v) is 6.64. The van der Waals surface area contributed by atoms with Gasteiger partial charge in [-0.1, -0.05) is 12.8 Å². The van der Waals surface area contributed by atoms with Gasteiger partial charge in [-0.2, -0.15) is 0 Å². The summed E-state index contributed by atoms with van der Waals surface area (Å²) in [7, 11) is 1.64. The lowest BCUT2D eigenvalue weighted by Crippen LogP contribution is -1.96. The SMILES string of the molecule is CCCC#COCCOC. The second-order valence-electron chi connectivity index (χ2n) is 1.87. The molecule has 10 heavy (non-hydrogen) atoms. The van der Waals surface area contributed by atoms with Crippen molar-refractivity contribution in [2.75, 3.05) is 20.3 Å². The fourth-order valence-corrected chi connectivity index (χ4v) is 0.403. The first-order chi connectivity index (χ1) is 4.91. The van der Waals surface area contributed by atoms with E-state index in [9.17, 15) is 0 Å². The summed E-state index contributed by atoms with van der Waals surface area (Å²) in [6.07, 6.45) is 4.58. The highest BCUT2D eigenvalue weighted by molar-refractivity contribution is 4.90. The molecule has 0 radical (unpaired) electrons. The molecule has 0 aromatic heterocycles. The maximum absolute atomic E-state index is 4.89. The van der Waals surface area contributed by atoms with Crippen LogP contribution >= 0.6 is 0 Å². The van der Waals surface area contributed by atoms with Gasteiger partial charge < -0.3 is 9.47 Å². The molecule has 0 aliphatic rings. The molecule has 0 aliphatic carbocycles. The minimum atomic E-state index is 0.563. The molecule has 0 aromatic rings. The minimum Gasteiger partial charge on any atom is -0.444 e. The van der Waals surface area contributed by atoms with E-state index in [0.29, 0.717) is 13.2 Å². The Morgan fingerprint density at radius 1 is 1.30 bits per heavy atom. The zero-order chi connectivity index (χ0) is 7.66. The maximum atomic E-state index is 4.89. The van der Waals surface area contributed by atoms with Crippen molar-refractivity contribution in [2.24, 2.45) is 0 Å². The summed E-state index contributed by atoms with van der Waals surface area (Å²) in [6, 6.07) is 0. The fourth-order valence-electron chi connectivity index (χ4n) is 0.403. The largest absolute Gasteiger partial charge is 0.444 e. The first-order valence-corrected chi connectivity index (χ1v) is 3.50. The molecule has 0 aromatic carbocycles. The lowest BCUT2D eigenvalue weighted by Gasteiger charge is -1.93. The van der Waals surface area contributed by atoms with E-state index in [4.69, 9.17) is 9.47 Å². The van der Waals surface area contributed by atoms with Crippen LogP contribution in [-0.2, 0) is 9.47 Å². The zero-order valence-electron chi connectivity index (χ0n) is 6.64. The molecule has 0 aliphatic heterocycles. The van der Waals surface area contributed by atoms with Crippen LogP contribution in [0.1, 0.15) is 19.8 Å². The quantitative estimate of drug-likeness (QED) is 0.436. The van der Waals surface area contributed by atoms with Gasteiger partial charge in [-0.3, -0.25) is 0 Å². The second-order valence-corrected chi connectivity index (χ2v) is 1.87. The molecule has 0 amide bonds. The number of rotatable bonds is 4. The Balaban J connectivity index is 2.96. The average molecular weight is 142 g/mol. The van der Waals surface area contributed by atoms with Gasteiger partial charge in [0.05, 0.1) is 6.61 Å². The first kappa shape index (κ1) is 9.32. The Bertz CT molecular complexity index is 110. The lowest BCUT2D eigenvalue weighted by molar-refractivity contribution is 0.133. The van der Waals surface area contributed by atoms with Gasteiger partial charge in [-0.05, 0) is 6.42 Å². The van der Waals surface area contributed by atoms with Crippen LogP contribution in [0.15, 0.2) is 0 Å². The van der Waals surface area contributed by atoms with Crippen molar-refractivity contribution in [1.82, 2.24) is 0 Å². The van der Waals surface area contributed by atoms with Crippen molar-refractivity contribution in [3.05, 3.63) is 0 Å². The molecule has 0 unspecified atom stereocenters. The molecule has 0 fully saturated rings. The Morgan fingerprint density at radius 2 is 2.10 bits per heavy atom. The van der Waals surface area contributed by atoms with Crippen LogP contribution in [0, 0.1) is 12.0 Å². The van der Waals surface area contributed by atoms with E-state index in [1.165, 1.54) is 0 Å². The Hall–Kier alpha value is -0.680. The van der Waals surface area contributed by atoms with Crippen LogP contribution in [0.25, 0.3) is 0 Å². The molecular weight excluding hydrogens is 128 g/mol. The monoisotopic (exact) mass is 142 g/mol. The van der Waals surface area contributed by atoms with Crippen molar-refractivity contribution < 1.29 is 9.47 Å². The van der Waals surface area contributed by atoms with E-state index in [2.05, 4.69) is 19.0 Å². The van der Waals surface area contributed by atoms with Gasteiger partial charge in [-0.15, -0.1) is 0 Å². The highest BCUT2D eigenvalue weighted by Gasteiger charge is 1.78. The summed E-state index contributed by atoms with van der Waals surface area (Å²) >= 11 is 0. The Labute approximate surface area is 62.5 Å². The van der Waals surface area contributed by atoms with E-state index < -0.39 is 0 Å². The molecule has 0 rings (SSSR count). The molecule has 0 atom stereocenters. The van der Waals surface area contributed by atoms with E-state index in [1.54, 1.807) is 7.11 Å². The first-order valence-electron chi connectivity index (χ1n) is 3.50. The Morgan fingerprint density at radius 3 is 2.70 bits per heavy atom. The highest BCUT2D eigenvalue weighted by Crippen LogP contribution is 1.81. The number of methoxy groups -OCH3 is 1. The summed E-state index contributed by atoms with van der Waals surface area (Å²) in [4.78, 5) is 0. The van der Waals surface area contributed by atoms with Gasteiger partial charge in [0, 0.05) is 13.5 Å². The highest BCUT2D eigenvalue weighted by atomic mass is 16.5. The van der Waals surface area contributed by atoms with Crippen LogP contribution in [-0.4, -0.2) is 20.3 Å². The van der Waals surface area contributed by atoms with Crippen molar-refractivity contribution in [2.45, 2.75) is 19.8 Å². The van der Waals surface area contributed by atoms with Gasteiger partial charge in [-0.25, -0.2) is 0 Å². The van der Waals surface area contributed by atoms with Crippen LogP contribution in [0.5, 0.6) is 0 Å². The molecule has 58 valence electrons.